The van der Waals surface area contributed by atoms with E-state index in [1.807, 2.05) is 5.38 Å². The zero-order chi connectivity index (χ0) is 15.9. The maximum atomic E-state index is 12.2. The first kappa shape index (κ1) is 16.5. The van der Waals surface area contributed by atoms with Crippen molar-refractivity contribution in [2.75, 3.05) is 19.7 Å². The zero-order valence-corrected chi connectivity index (χ0v) is 13.5. The van der Waals surface area contributed by atoms with Crippen LogP contribution < -0.4 is 0 Å². The molecular formula is C17H21NO3S. The van der Waals surface area contributed by atoms with Crippen molar-refractivity contribution in [3.8, 4) is 0 Å². The Morgan fingerprint density at radius 1 is 1.23 bits per heavy atom. The summed E-state index contributed by atoms with van der Waals surface area (Å²) in [7, 11) is 0. The summed E-state index contributed by atoms with van der Waals surface area (Å²) in [5, 5.41) is 1.86. The number of hydrogen-bond donors (Lipinski definition) is 0. The number of esters is 1. The molecule has 0 saturated carbocycles. The summed E-state index contributed by atoms with van der Waals surface area (Å²) in [4.78, 5) is 27.1. The Hall–Kier alpha value is -1.88. The minimum absolute atomic E-state index is 0.239. The van der Waals surface area contributed by atoms with Crippen molar-refractivity contribution >= 4 is 23.2 Å². The van der Waals surface area contributed by atoms with E-state index in [-0.39, 0.29) is 12.5 Å². The Morgan fingerprint density at radius 2 is 1.91 bits per heavy atom. The molecule has 2 rings (SSSR count). The Bertz CT molecular complexity index is 566. The number of ether oxygens (including phenoxy) is 1. The quantitative estimate of drug-likeness (QED) is 0.573. The third-order valence-corrected chi connectivity index (χ3v) is 4.75. The molecule has 0 bridgehead atoms. The van der Waals surface area contributed by atoms with E-state index in [1.54, 1.807) is 23.5 Å². The van der Waals surface area contributed by atoms with Gasteiger partial charge in [-0.05, 0) is 31.2 Å². The van der Waals surface area contributed by atoms with E-state index in [2.05, 4.69) is 13.2 Å². The first-order valence-corrected chi connectivity index (χ1v) is 8.31. The van der Waals surface area contributed by atoms with E-state index in [4.69, 9.17) is 4.74 Å². The van der Waals surface area contributed by atoms with E-state index in [1.165, 1.54) is 16.2 Å². The summed E-state index contributed by atoms with van der Waals surface area (Å²) in [6.45, 7) is 7.81. The maximum absolute atomic E-state index is 12.2. The van der Waals surface area contributed by atoms with Gasteiger partial charge in [-0.2, -0.15) is 0 Å². The van der Waals surface area contributed by atoms with Crippen LogP contribution in [0.5, 0.6) is 0 Å². The Labute approximate surface area is 135 Å². The lowest BCUT2D eigenvalue weighted by Gasteiger charge is -2.19. The van der Waals surface area contributed by atoms with Crippen LogP contribution >= 0.6 is 11.3 Å². The van der Waals surface area contributed by atoms with Crippen molar-refractivity contribution in [2.45, 2.75) is 25.7 Å². The standard InChI is InChI=1S/C17H21NO3S/c1-3-9-18(10-4-2)16(19)11-21-17(20)14-12-22-15-8-6-5-7-13(14)15/h3-4,12H,1-2,5-11H2. The highest BCUT2D eigenvalue weighted by Gasteiger charge is 2.22. The van der Waals surface area contributed by atoms with Gasteiger partial charge in [0.05, 0.1) is 5.56 Å². The van der Waals surface area contributed by atoms with Crippen molar-refractivity contribution < 1.29 is 14.3 Å². The Kier molecular flexibility index (Phi) is 5.95. The fourth-order valence-corrected chi connectivity index (χ4v) is 3.67. The molecular weight excluding hydrogens is 298 g/mol. The van der Waals surface area contributed by atoms with E-state index in [0.29, 0.717) is 18.7 Å². The molecule has 118 valence electrons. The molecule has 0 N–H and O–H groups in total. The fraction of sp³-hybridized carbons (Fsp3) is 0.412. The minimum atomic E-state index is -0.398. The molecule has 1 amide bonds. The summed E-state index contributed by atoms with van der Waals surface area (Å²) < 4.78 is 5.20. The largest absolute Gasteiger partial charge is 0.452 e. The van der Waals surface area contributed by atoms with Crippen LogP contribution in [0.25, 0.3) is 0 Å². The average molecular weight is 319 g/mol. The van der Waals surface area contributed by atoms with Crippen LogP contribution in [-0.4, -0.2) is 36.5 Å². The number of hydrogen-bond acceptors (Lipinski definition) is 4. The van der Waals surface area contributed by atoms with Gasteiger partial charge in [-0.25, -0.2) is 4.79 Å². The van der Waals surface area contributed by atoms with Gasteiger partial charge in [-0.15, -0.1) is 24.5 Å². The van der Waals surface area contributed by atoms with Crippen molar-refractivity contribution in [1.82, 2.24) is 4.90 Å². The minimum Gasteiger partial charge on any atom is -0.452 e. The summed E-state index contributed by atoms with van der Waals surface area (Å²) in [5.41, 5.74) is 1.74. The topological polar surface area (TPSA) is 46.6 Å². The third kappa shape index (κ3) is 3.85. The van der Waals surface area contributed by atoms with Gasteiger partial charge in [0.2, 0.25) is 0 Å². The lowest BCUT2D eigenvalue weighted by Crippen LogP contribution is -2.35. The van der Waals surface area contributed by atoms with Gasteiger partial charge in [0, 0.05) is 23.3 Å². The summed E-state index contributed by atoms with van der Waals surface area (Å²) in [6, 6.07) is 0. The molecule has 0 fully saturated rings. The number of carbonyl (C=O) groups excluding carboxylic acids is 2. The molecule has 1 aromatic heterocycles. The molecule has 0 atom stereocenters. The monoisotopic (exact) mass is 319 g/mol. The van der Waals surface area contributed by atoms with Gasteiger partial charge in [-0.1, -0.05) is 12.2 Å². The molecule has 5 heteroatoms. The molecule has 22 heavy (non-hydrogen) atoms. The van der Waals surface area contributed by atoms with Crippen molar-refractivity contribution in [3.05, 3.63) is 46.7 Å². The third-order valence-electron chi connectivity index (χ3n) is 3.66. The molecule has 0 saturated heterocycles. The number of fused-ring (bicyclic) bond motifs is 1. The van der Waals surface area contributed by atoms with Gasteiger partial charge < -0.3 is 9.64 Å². The Morgan fingerprint density at radius 3 is 2.59 bits per heavy atom. The Balaban J connectivity index is 1.94. The summed E-state index contributed by atoms with van der Waals surface area (Å²) in [5.74, 6) is -0.637. The number of carbonyl (C=O) groups is 2. The molecule has 1 aliphatic carbocycles. The molecule has 4 nitrogen and oxygen atoms in total. The highest BCUT2D eigenvalue weighted by atomic mass is 32.1. The van der Waals surface area contributed by atoms with Gasteiger partial charge in [0.15, 0.2) is 6.61 Å². The molecule has 0 aliphatic heterocycles. The maximum Gasteiger partial charge on any atom is 0.339 e. The van der Waals surface area contributed by atoms with Crippen LogP contribution in [0.4, 0.5) is 0 Å². The van der Waals surface area contributed by atoms with Crippen LogP contribution in [-0.2, 0) is 22.4 Å². The van der Waals surface area contributed by atoms with Gasteiger partial charge in [0.1, 0.15) is 0 Å². The summed E-state index contributed by atoms with van der Waals surface area (Å²) >= 11 is 1.61. The van der Waals surface area contributed by atoms with Crippen LogP contribution in [0.15, 0.2) is 30.7 Å². The molecule has 1 aliphatic rings. The highest BCUT2D eigenvalue weighted by Crippen LogP contribution is 2.30. The second-order valence-electron chi connectivity index (χ2n) is 5.21. The molecule has 1 heterocycles. The predicted octanol–water partition coefficient (Wildman–Crippen LogP) is 2.98. The van der Waals surface area contributed by atoms with E-state index < -0.39 is 5.97 Å². The first-order chi connectivity index (χ1) is 10.7. The highest BCUT2D eigenvalue weighted by molar-refractivity contribution is 7.10. The first-order valence-electron chi connectivity index (χ1n) is 7.43. The van der Waals surface area contributed by atoms with E-state index >= 15 is 0 Å². The zero-order valence-electron chi connectivity index (χ0n) is 12.7. The van der Waals surface area contributed by atoms with Crippen LogP contribution in [0.1, 0.15) is 33.6 Å². The van der Waals surface area contributed by atoms with Crippen LogP contribution in [0.2, 0.25) is 0 Å². The molecule has 0 radical (unpaired) electrons. The molecule has 0 unspecified atom stereocenters. The summed E-state index contributed by atoms with van der Waals surface area (Å²) in [6.07, 6.45) is 7.53. The average Bonchev–Trinajstić information content (AvgIpc) is 2.96. The van der Waals surface area contributed by atoms with Crippen molar-refractivity contribution in [3.63, 3.8) is 0 Å². The number of thiophene rings is 1. The normalized spacial score (nSPS) is 13.1. The number of amides is 1. The van der Waals surface area contributed by atoms with Crippen molar-refractivity contribution in [1.29, 1.82) is 0 Å². The van der Waals surface area contributed by atoms with Crippen molar-refractivity contribution in [2.24, 2.45) is 0 Å². The molecule has 0 aromatic carbocycles. The predicted molar refractivity (Wildman–Crippen MR) is 88.2 cm³/mol. The van der Waals surface area contributed by atoms with Crippen LogP contribution in [0, 0.1) is 0 Å². The van der Waals surface area contributed by atoms with Gasteiger partial charge >= 0.3 is 5.97 Å². The number of nitrogens with zero attached hydrogens (tertiary/aromatic N) is 1. The fourth-order valence-electron chi connectivity index (χ4n) is 2.55. The lowest BCUT2D eigenvalue weighted by atomic mass is 9.96. The van der Waals surface area contributed by atoms with Gasteiger partial charge in [0.25, 0.3) is 5.91 Å². The lowest BCUT2D eigenvalue weighted by molar-refractivity contribution is -0.133. The van der Waals surface area contributed by atoms with E-state index in [0.717, 1.165) is 24.8 Å². The van der Waals surface area contributed by atoms with Crippen LogP contribution in [0.3, 0.4) is 0 Å². The second kappa shape index (κ2) is 7.94. The molecule has 1 aromatic rings. The molecule has 0 spiro atoms. The smallest absolute Gasteiger partial charge is 0.339 e. The van der Waals surface area contributed by atoms with Gasteiger partial charge in [-0.3, -0.25) is 4.79 Å². The van der Waals surface area contributed by atoms with E-state index in [9.17, 15) is 9.59 Å². The second-order valence-corrected chi connectivity index (χ2v) is 6.17. The number of rotatable bonds is 7. The SMILES string of the molecule is C=CCN(CC=C)C(=O)COC(=O)c1csc2c1CCCC2. The number of aryl methyl sites for hydroxylation is 1.